The van der Waals surface area contributed by atoms with Gasteiger partial charge in [-0.05, 0) is 37.1 Å². The molecule has 94 valence electrons. The van der Waals surface area contributed by atoms with E-state index in [1.807, 2.05) is 6.92 Å². The van der Waals surface area contributed by atoms with E-state index in [1.54, 1.807) is 6.07 Å². The quantitative estimate of drug-likeness (QED) is 0.851. The topological polar surface area (TPSA) is 43.1 Å². The van der Waals surface area contributed by atoms with E-state index < -0.39 is 5.82 Å². The van der Waals surface area contributed by atoms with Crippen LogP contribution in [0.1, 0.15) is 25.3 Å². The summed E-state index contributed by atoms with van der Waals surface area (Å²) in [4.78, 5) is 11.8. The van der Waals surface area contributed by atoms with Crippen molar-refractivity contribution in [1.82, 2.24) is 0 Å². The SMILES string of the molecule is CC(CCCN)C(=O)Cc1ccc(Cl)c(F)c1. The molecule has 0 aliphatic carbocycles. The van der Waals surface area contributed by atoms with Gasteiger partial charge in [0, 0.05) is 12.3 Å². The van der Waals surface area contributed by atoms with Crippen molar-refractivity contribution < 1.29 is 9.18 Å². The van der Waals surface area contributed by atoms with E-state index in [9.17, 15) is 9.18 Å². The first-order valence-corrected chi connectivity index (χ1v) is 6.09. The molecule has 1 atom stereocenters. The molecule has 0 fully saturated rings. The third-order valence-corrected chi connectivity index (χ3v) is 3.06. The minimum absolute atomic E-state index is 0.0303. The average molecular weight is 258 g/mol. The van der Waals surface area contributed by atoms with Crippen LogP contribution in [-0.4, -0.2) is 12.3 Å². The molecule has 0 radical (unpaired) electrons. The van der Waals surface area contributed by atoms with E-state index in [1.165, 1.54) is 12.1 Å². The summed E-state index contributed by atoms with van der Waals surface area (Å²) in [6, 6.07) is 4.47. The zero-order valence-electron chi connectivity index (χ0n) is 9.88. The number of hydrogen-bond acceptors (Lipinski definition) is 2. The van der Waals surface area contributed by atoms with E-state index in [0.717, 1.165) is 12.8 Å². The Hall–Kier alpha value is -0.930. The number of rotatable bonds is 6. The number of nitrogens with two attached hydrogens (primary N) is 1. The van der Waals surface area contributed by atoms with Crippen molar-refractivity contribution >= 4 is 17.4 Å². The normalized spacial score (nSPS) is 12.5. The molecule has 1 aromatic rings. The molecule has 0 aliphatic heterocycles. The third kappa shape index (κ3) is 4.44. The number of Topliss-reactive ketones (excluding diaryl/α,β-unsaturated/α-hetero) is 1. The van der Waals surface area contributed by atoms with E-state index in [2.05, 4.69) is 0 Å². The second-order valence-electron chi connectivity index (χ2n) is 4.22. The molecule has 0 amide bonds. The molecule has 17 heavy (non-hydrogen) atoms. The molecule has 0 saturated carbocycles. The summed E-state index contributed by atoms with van der Waals surface area (Å²) in [5.41, 5.74) is 6.05. The van der Waals surface area contributed by atoms with Crippen LogP contribution in [0.2, 0.25) is 5.02 Å². The molecule has 4 heteroatoms. The molecule has 1 aromatic carbocycles. The second kappa shape index (κ2) is 6.72. The van der Waals surface area contributed by atoms with Crippen LogP contribution < -0.4 is 5.73 Å². The Balaban J connectivity index is 2.58. The van der Waals surface area contributed by atoms with Gasteiger partial charge in [0.15, 0.2) is 0 Å². The molecular formula is C13H17ClFNO. The van der Waals surface area contributed by atoms with Crippen LogP contribution in [0.3, 0.4) is 0 Å². The van der Waals surface area contributed by atoms with Crippen LogP contribution >= 0.6 is 11.6 Å². The lowest BCUT2D eigenvalue weighted by molar-refractivity contribution is -0.121. The summed E-state index contributed by atoms with van der Waals surface area (Å²) in [6.45, 7) is 2.47. The maximum atomic E-state index is 13.2. The molecule has 1 rings (SSSR count). The van der Waals surface area contributed by atoms with Crippen molar-refractivity contribution in [3.05, 3.63) is 34.6 Å². The molecule has 0 spiro atoms. The molecule has 1 unspecified atom stereocenters. The number of halogens is 2. The predicted octanol–water partition coefficient (Wildman–Crippen LogP) is 2.97. The lowest BCUT2D eigenvalue weighted by Crippen LogP contribution is -2.15. The Labute approximate surface area is 106 Å². The van der Waals surface area contributed by atoms with Gasteiger partial charge >= 0.3 is 0 Å². The molecule has 0 saturated heterocycles. The van der Waals surface area contributed by atoms with Crippen LogP contribution in [0.4, 0.5) is 4.39 Å². The molecule has 0 heterocycles. The first-order valence-electron chi connectivity index (χ1n) is 5.71. The molecule has 0 bridgehead atoms. The zero-order chi connectivity index (χ0) is 12.8. The highest BCUT2D eigenvalue weighted by molar-refractivity contribution is 6.30. The fourth-order valence-corrected chi connectivity index (χ4v) is 1.73. The van der Waals surface area contributed by atoms with Gasteiger partial charge < -0.3 is 5.73 Å². The number of carbonyl (C=O) groups excluding carboxylic acids is 1. The van der Waals surface area contributed by atoms with Gasteiger partial charge in [-0.15, -0.1) is 0 Å². The maximum absolute atomic E-state index is 13.2. The fourth-order valence-electron chi connectivity index (χ4n) is 1.61. The lowest BCUT2D eigenvalue weighted by Gasteiger charge is -2.09. The van der Waals surface area contributed by atoms with Crippen molar-refractivity contribution in [2.24, 2.45) is 11.7 Å². The lowest BCUT2D eigenvalue weighted by atomic mass is 9.95. The maximum Gasteiger partial charge on any atom is 0.142 e. The highest BCUT2D eigenvalue weighted by Crippen LogP contribution is 2.17. The van der Waals surface area contributed by atoms with Gasteiger partial charge in [0.1, 0.15) is 11.6 Å². The Morgan fingerprint density at radius 1 is 1.53 bits per heavy atom. The van der Waals surface area contributed by atoms with Gasteiger partial charge in [0.05, 0.1) is 5.02 Å². The summed E-state index contributed by atoms with van der Waals surface area (Å²) < 4.78 is 13.2. The number of hydrogen-bond donors (Lipinski definition) is 1. The van der Waals surface area contributed by atoms with E-state index in [4.69, 9.17) is 17.3 Å². The van der Waals surface area contributed by atoms with Gasteiger partial charge in [-0.2, -0.15) is 0 Å². The predicted molar refractivity (Wildman–Crippen MR) is 67.6 cm³/mol. The summed E-state index contributed by atoms with van der Waals surface area (Å²) in [5, 5.41) is 0.0809. The van der Waals surface area contributed by atoms with Crippen LogP contribution in [-0.2, 0) is 11.2 Å². The average Bonchev–Trinajstić information content (AvgIpc) is 2.30. The van der Waals surface area contributed by atoms with E-state index in [0.29, 0.717) is 12.1 Å². The third-order valence-electron chi connectivity index (χ3n) is 2.75. The van der Waals surface area contributed by atoms with Crippen LogP contribution in [0, 0.1) is 11.7 Å². The fraction of sp³-hybridized carbons (Fsp3) is 0.462. The molecule has 2 N–H and O–H groups in total. The van der Waals surface area contributed by atoms with Crippen molar-refractivity contribution in [2.45, 2.75) is 26.2 Å². The van der Waals surface area contributed by atoms with Crippen LogP contribution in [0.15, 0.2) is 18.2 Å². The van der Waals surface area contributed by atoms with Crippen LogP contribution in [0.5, 0.6) is 0 Å². The summed E-state index contributed by atoms with van der Waals surface area (Å²) in [6.07, 6.45) is 1.87. The molecular weight excluding hydrogens is 241 g/mol. The van der Waals surface area contributed by atoms with Gasteiger partial charge in [0.2, 0.25) is 0 Å². The highest BCUT2D eigenvalue weighted by Gasteiger charge is 2.13. The zero-order valence-corrected chi connectivity index (χ0v) is 10.6. The standard InChI is InChI=1S/C13H17ClFNO/c1-9(3-2-6-16)13(17)8-10-4-5-11(14)12(15)7-10/h4-5,7,9H,2-3,6,8,16H2,1H3. The van der Waals surface area contributed by atoms with Gasteiger partial charge in [-0.1, -0.05) is 24.6 Å². The van der Waals surface area contributed by atoms with Crippen molar-refractivity contribution in [3.63, 3.8) is 0 Å². The summed E-state index contributed by atoms with van der Waals surface area (Å²) in [7, 11) is 0. The van der Waals surface area contributed by atoms with Crippen molar-refractivity contribution in [3.8, 4) is 0 Å². The minimum atomic E-state index is -0.480. The Morgan fingerprint density at radius 2 is 2.24 bits per heavy atom. The van der Waals surface area contributed by atoms with E-state index >= 15 is 0 Å². The Morgan fingerprint density at radius 3 is 2.82 bits per heavy atom. The first-order chi connectivity index (χ1) is 8.04. The number of carbonyl (C=O) groups is 1. The monoisotopic (exact) mass is 257 g/mol. The van der Waals surface area contributed by atoms with Crippen LogP contribution in [0.25, 0.3) is 0 Å². The highest BCUT2D eigenvalue weighted by atomic mass is 35.5. The number of ketones is 1. The molecule has 0 aliphatic rings. The van der Waals surface area contributed by atoms with Gasteiger partial charge in [0.25, 0.3) is 0 Å². The minimum Gasteiger partial charge on any atom is -0.330 e. The Kier molecular flexibility index (Phi) is 5.59. The first kappa shape index (κ1) is 14.1. The summed E-state index contributed by atoms with van der Waals surface area (Å²) in [5.74, 6) is -0.399. The second-order valence-corrected chi connectivity index (χ2v) is 4.63. The number of benzene rings is 1. The molecule has 0 aromatic heterocycles. The van der Waals surface area contributed by atoms with Gasteiger partial charge in [-0.25, -0.2) is 4.39 Å². The molecule has 2 nitrogen and oxygen atoms in total. The van der Waals surface area contributed by atoms with Crippen molar-refractivity contribution in [1.29, 1.82) is 0 Å². The van der Waals surface area contributed by atoms with Crippen molar-refractivity contribution in [2.75, 3.05) is 6.54 Å². The largest absolute Gasteiger partial charge is 0.330 e. The van der Waals surface area contributed by atoms with Gasteiger partial charge in [-0.3, -0.25) is 4.79 Å². The summed E-state index contributed by atoms with van der Waals surface area (Å²) >= 11 is 5.57. The Bertz CT molecular complexity index is 395. The smallest absolute Gasteiger partial charge is 0.142 e. The van der Waals surface area contributed by atoms with E-state index in [-0.39, 0.29) is 23.1 Å².